The molecule has 0 aromatic heterocycles. The molecule has 2 N–H and O–H groups in total. The fourth-order valence-corrected chi connectivity index (χ4v) is 2.96. The van der Waals surface area contributed by atoms with Gasteiger partial charge in [0.1, 0.15) is 6.10 Å². The number of nitrogens with one attached hydrogen (secondary N) is 1. The summed E-state index contributed by atoms with van der Waals surface area (Å²) in [6.45, 7) is 2.18. The summed E-state index contributed by atoms with van der Waals surface area (Å²) < 4.78 is 10.9. The number of carbonyl (C=O) groups excluding carboxylic acids is 1. The van der Waals surface area contributed by atoms with E-state index in [-0.39, 0.29) is 24.2 Å². The topological polar surface area (TPSA) is 84.9 Å². The average Bonchev–Trinajstić information content (AvgIpc) is 3.05. The monoisotopic (exact) mass is 335 g/mol. The van der Waals surface area contributed by atoms with Gasteiger partial charge in [0.2, 0.25) is 0 Å². The van der Waals surface area contributed by atoms with Crippen LogP contribution in [-0.2, 0) is 20.9 Å². The zero-order valence-corrected chi connectivity index (χ0v) is 14.2. The lowest BCUT2D eigenvalue weighted by atomic mass is 10.1. The van der Waals surface area contributed by atoms with Crippen molar-refractivity contribution in [1.82, 2.24) is 0 Å². The van der Waals surface area contributed by atoms with Crippen LogP contribution in [0.1, 0.15) is 54.9 Å². The van der Waals surface area contributed by atoms with Gasteiger partial charge in [0.15, 0.2) is 0 Å². The van der Waals surface area contributed by atoms with E-state index in [4.69, 9.17) is 9.47 Å². The molecule has 6 heteroatoms. The Balaban J connectivity index is 2.09. The maximum absolute atomic E-state index is 12.5. The third kappa shape index (κ3) is 5.04. The number of benzene rings is 1. The van der Waals surface area contributed by atoms with Crippen molar-refractivity contribution in [2.24, 2.45) is 0 Å². The molecule has 0 spiro atoms. The van der Waals surface area contributed by atoms with E-state index in [0.29, 0.717) is 17.7 Å². The predicted octanol–water partition coefficient (Wildman–Crippen LogP) is 3.21. The van der Waals surface area contributed by atoms with Crippen molar-refractivity contribution < 1.29 is 24.2 Å². The molecule has 6 nitrogen and oxygen atoms in total. The number of ether oxygens (including phenoxy) is 2. The quantitative estimate of drug-likeness (QED) is 0.762. The summed E-state index contributed by atoms with van der Waals surface area (Å²) in [5.41, 5.74) is 1.25. The highest BCUT2D eigenvalue weighted by Crippen LogP contribution is 2.24. The number of methoxy groups -OCH3 is 1. The van der Waals surface area contributed by atoms with Crippen molar-refractivity contribution >= 4 is 17.6 Å². The van der Waals surface area contributed by atoms with Crippen molar-refractivity contribution in [3.8, 4) is 0 Å². The molecule has 1 aliphatic carbocycles. The molecule has 1 fully saturated rings. The standard InChI is InChI=1S/C18H25NO5/c1-3-16(24-15-6-4-5-7-15)17(20)19-14-9-12(11-23-2)8-13(10-14)18(21)22/h8-10,15-16H,3-7,11H2,1-2H3,(H,19,20)(H,21,22). The van der Waals surface area contributed by atoms with Gasteiger partial charge in [-0.05, 0) is 43.0 Å². The van der Waals surface area contributed by atoms with Crippen LogP contribution in [0.25, 0.3) is 0 Å². The fourth-order valence-electron chi connectivity index (χ4n) is 2.96. The molecule has 1 atom stereocenters. The number of hydrogen-bond acceptors (Lipinski definition) is 4. The van der Waals surface area contributed by atoms with Crippen LogP contribution < -0.4 is 5.32 Å². The zero-order chi connectivity index (χ0) is 17.5. The summed E-state index contributed by atoms with van der Waals surface area (Å²) in [6.07, 6.45) is 4.48. The number of rotatable bonds is 8. The summed E-state index contributed by atoms with van der Waals surface area (Å²) in [5, 5.41) is 12.0. The van der Waals surface area contributed by atoms with Crippen LogP contribution in [0.4, 0.5) is 5.69 Å². The zero-order valence-electron chi connectivity index (χ0n) is 14.2. The molecule has 0 bridgehead atoms. The van der Waals surface area contributed by atoms with E-state index >= 15 is 0 Å². The second-order valence-corrected chi connectivity index (χ2v) is 6.09. The van der Waals surface area contributed by atoms with E-state index in [1.807, 2.05) is 6.92 Å². The Morgan fingerprint density at radius 2 is 2.00 bits per heavy atom. The number of aromatic carboxylic acids is 1. The molecule has 1 unspecified atom stereocenters. The largest absolute Gasteiger partial charge is 0.478 e. The highest BCUT2D eigenvalue weighted by atomic mass is 16.5. The Bertz CT molecular complexity index is 581. The molecule has 24 heavy (non-hydrogen) atoms. The molecular weight excluding hydrogens is 310 g/mol. The third-order valence-corrected chi connectivity index (χ3v) is 4.14. The second kappa shape index (κ2) is 8.80. The average molecular weight is 335 g/mol. The van der Waals surface area contributed by atoms with E-state index in [9.17, 15) is 14.7 Å². The first-order valence-corrected chi connectivity index (χ1v) is 8.36. The minimum Gasteiger partial charge on any atom is -0.478 e. The lowest BCUT2D eigenvalue weighted by Gasteiger charge is -2.20. The smallest absolute Gasteiger partial charge is 0.335 e. The van der Waals surface area contributed by atoms with Crippen LogP contribution in [0.2, 0.25) is 0 Å². The highest BCUT2D eigenvalue weighted by molar-refractivity contribution is 5.96. The van der Waals surface area contributed by atoms with Gasteiger partial charge in [-0.2, -0.15) is 0 Å². The minimum absolute atomic E-state index is 0.115. The molecule has 132 valence electrons. The van der Waals surface area contributed by atoms with Crippen LogP contribution in [0.5, 0.6) is 0 Å². The lowest BCUT2D eigenvalue weighted by molar-refractivity contribution is -0.131. The van der Waals surface area contributed by atoms with Crippen LogP contribution in [0.3, 0.4) is 0 Å². The fraction of sp³-hybridized carbons (Fsp3) is 0.556. The molecule has 2 rings (SSSR count). The first-order chi connectivity index (χ1) is 11.5. The van der Waals surface area contributed by atoms with Gasteiger partial charge < -0.3 is 19.9 Å². The van der Waals surface area contributed by atoms with Gasteiger partial charge in [0.05, 0.1) is 18.3 Å². The first-order valence-electron chi connectivity index (χ1n) is 8.36. The number of carbonyl (C=O) groups is 2. The molecule has 1 aromatic carbocycles. The van der Waals surface area contributed by atoms with Gasteiger partial charge in [-0.1, -0.05) is 19.8 Å². The van der Waals surface area contributed by atoms with E-state index in [2.05, 4.69) is 5.32 Å². The van der Waals surface area contributed by atoms with Crippen molar-refractivity contribution in [2.75, 3.05) is 12.4 Å². The number of hydrogen-bond donors (Lipinski definition) is 2. The number of amides is 1. The molecule has 0 aliphatic heterocycles. The van der Waals surface area contributed by atoms with Crippen LogP contribution >= 0.6 is 0 Å². The minimum atomic E-state index is -1.04. The summed E-state index contributed by atoms with van der Waals surface area (Å²) >= 11 is 0. The SMILES string of the molecule is CCC(OC1CCCC1)C(=O)Nc1cc(COC)cc(C(=O)O)c1. The Morgan fingerprint density at radius 1 is 1.29 bits per heavy atom. The molecule has 0 heterocycles. The molecule has 1 amide bonds. The molecule has 1 aliphatic rings. The normalized spacial score (nSPS) is 16.1. The lowest BCUT2D eigenvalue weighted by Crippen LogP contribution is -2.33. The first kappa shape index (κ1) is 18.4. The van der Waals surface area contributed by atoms with Crippen LogP contribution in [0.15, 0.2) is 18.2 Å². The molecule has 1 aromatic rings. The van der Waals surface area contributed by atoms with Crippen molar-refractivity contribution in [3.05, 3.63) is 29.3 Å². The van der Waals surface area contributed by atoms with E-state index in [1.54, 1.807) is 6.07 Å². The van der Waals surface area contributed by atoms with Crippen molar-refractivity contribution in [1.29, 1.82) is 0 Å². The maximum atomic E-state index is 12.5. The van der Waals surface area contributed by atoms with E-state index < -0.39 is 12.1 Å². The van der Waals surface area contributed by atoms with Gasteiger partial charge in [0, 0.05) is 12.8 Å². The number of carboxylic acid groups (broad SMARTS) is 1. The molecular formula is C18H25NO5. The Morgan fingerprint density at radius 3 is 2.58 bits per heavy atom. The van der Waals surface area contributed by atoms with Gasteiger partial charge in [-0.25, -0.2) is 4.79 Å². The molecule has 1 saturated carbocycles. The van der Waals surface area contributed by atoms with Crippen LogP contribution in [0, 0.1) is 0 Å². The molecule has 0 radical (unpaired) electrons. The predicted molar refractivity (Wildman–Crippen MR) is 90.2 cm³/mol. The Hall–Kier alpha value is -1.92. The third-order valence-electron chi connectivity index (χ3n) is 4.14. The summed E-state index contributed by atoms with van der Waals surface area (Å²) in [4.78, 5) is 23.7. The van der Waals surface area contributed by atoms with E-state index in [1.165, 1.54) is 19.2 Å². The van der Waals surface area contributed by atoms with Gasteiger partial charge in [-0.15, -0.1) is 0 Å². The Kier molecular flexibility index (Phi) is 6.75. The molecule has 0 saturated heterocycles. The number of anilines is 1. The summed E-state index contributed by atoms with van der Waals surface area (Å²) in [7, 11) is 1.54. The van der Waals surface area contributed by atoms with Gasteiger partial charge >= 0.3 is 5.97 Å². The number of carboxylic acids is 1. The maximum Gasteiger partial charge on any atom is 0.335 e. The van der Waals surface area contributed by atoms with Gasteiger partial charge in [-0.3, -0.25) is 4.79 Å². The van der Waals surface area contributed by atoms with Crippen molar-refractivity contribution in [2.45, 2.75) is 57.8 Å². The summed E-state index contributed by atoms with van der Waals surface area (Å²) in [5.74, 6) is -1.28. The van der Waals surface area contributed by atoms with E-state index in [0.717, 1.165) is 25.7 Å². The Labute approximate surface area is 142 Å². The van der Waals surface area contributed by atoms with Crippen LogP contribution in [-0.4, -0.2) is 36.3 Å². The van der Waals surface area contributed by atoms with Crippen molar-refractivity contribution in [3.63, 3.8) is 0 Å². The highest BCUT2D eigenvalue weighted by Gasteiger charge is 2.24. The summed E-state index contributed by atoms with van der Waals surface area (Å²) in [6, 6.07) is 4.70. The van der Waals surface area contributed by atoms with Gasteiger partial charge in [0.25, 0.3) is 5.91 Å². The second-order valence-electron chi connectivity index (χ2n) is 6.09.